The van der Waals surface area contributed by atoms with Crippen molar-refractivity contribution in [3.63, 3.8) is 0 Å². The summed E-state index contributed by atoms with van der Waals surface area (Å²) in [5.74, 6) is -0.187. The number of morpholine rings is 1. The van der Waals surface area contributed by atoms with Crippen LogP contribution >= 0.6 is 0 Å². The average molecular weight is 183 g/mol. The monoisotopic (exact) mass is 183 g/mol. The van der Waals surface area contributed by atoms with Gasteiger partial charge in [-0.15, -0.1) is 0 Å². The summed E-state index contributed by atoms with van der Waals surface area (Å²) in [5.41, 5.74) is -1.12. The molecule has 2 N–H and O–H groups in total. The van der Waals surface area contributed by atoms with Gasteiger partial charge in [-0.25, -0.2) is 0 Å². The van der Waals surface area contributed by atoms with Crippen LogP contribution in [0.15, 0.2) is 12.2 Å². The van der Waals surface area contributed by atoms with Crippen LogP contribution in [0.25, 0.3) is 0 Å². The van der Waals surface area contributed by atoms with Crippen LogP contribution in [0.3, 0.4) is 0 Å². The van der Waals surface area contributed by atoms with E-state index in [-0.39, 0.29) is 12.0 Å². The van der Waals surface area contributed by atoms with Gasteiger partial charge in [0.05, 0.1) is 0 Å². The highest BCUT2D eigenvalue weighted by atomic mass is 16.6. The predicted octanol–water partition coefficient (Wildman–Crippen LogP) is -0.0715. The van der Waals surface area contributed by atoms with Crippen molar-refractivity contribution in [3.05, 3.63) is 12.2 Å². The molecule has 1 unspecified atom stereocenters. The molecule has 0 aromatic rings. The molecule has 2 aliphatic rings. The minimum absolute atomic E-state index is 0.187. The van der Waals surface area contributed by atoms with Crippen LogP contribution in [0.4, 0.5) is 0 Å². The van der Waals surface area contributed by atoms with Crippen molar-refractivity contribution in [2.24, 2.45) is 0 Å². The maximum atomic E-state index is 11.0. The minimum Gasteiger partial charge on any atom is -0.368 e. The van der Waals surface area contributed by atoms with E-state index in [4.69, 9.17) is 4.74 Å². The van der Waals surface area contributed by atoms with Gasteiger partial charge in [0.25, 0.3) is 5.91 Å². The summed E-state index contributed by atoms with van der Waals surface area (Å²) in [7, 11) is 0. The highest BCUT2D eigenvalue weighted by Gasteiger charge is 2.64. The smallest absolute Gasteiger partial charge is 0.254 e. The summed E-state index contributed by atoms with van der Waals surface area (Å²) < 4.78 is 5.03. The Morgan fingerprint density at radius 1 is 1.77 bits per heavy atom. The molecule has 0 spiro atoms. The molecule has 0 saturated carbocycles. The molecule has 1 amide bonds. The highest BCUT2D eigenvalue weighted by Crippen LogP contribution is 2.39. The van der Waals surface area contributed by atoms with Crippen molar-refractivity contribution in [2.75, 3.05) is 0 Å². The number of rotatable bonds is 3. The molecule has 2 fully saturated rings. The number of hydrogen-bond acceptors (Lipinski definition) is 3. The van der Waals surface area contributed by atoms with Crippen LogP contribution in [-0.2, 0) is 9.53 Å². The molecular formula is C9H13NO3. The van der Waals surface area contributed by atoms with E-state index in [0.717, 1.165) is 6.42 Å². The van der Waals surface area contributed by atoms with E-state index in [1.165, 1.54) is 0 Å². The molecule has 0 aliphatic carbocycles. The summed E-state index contributed by atoms with van der Waals surface area (Å²) in [6.45, 7) is 1.92. The molecule has 0 bridgehead atoms. The Labute approximate surface area is 76.6 Å². The van der Waals surface area contributed by atoms with E-state index < -0.39 is 11.8 Å². The second-order valence-corrected chi connectivity index (χ2v) is 3.50. The molecule has 0 aromatic heterocycles. The van der Waals surface area contributed by atoms with Gasteiger partial charge < -0.3 is 15.2 Å². The van der Waals surface area contributed by atoms with Gasteiger partial charge in [0.1, 0.15) is 6.10 Å². The standard InChI is InChI=1S/C9H13NO3/c1-2-3-4-5-9(12)7-6(13-7)8(11)10-9/h2-3,6-7,12H,4-5H2,1H3,(H,10,11)/b3-2+/t6-,7+,9?/m1/s1. The summed E-state index contributed by atoms with van der Waals surface area (Å²) in [6.07, 6.45) is 4.44. The third-order valence-corrected chi connectivity index (χ3v) is 2.49. The summed E-state index contributed by atoms with van der Waals surface area (Å²) in [4.78, 5) is 11.0. The van der Waals surface area contributed by atoms with Crippen molar-refractivity contribution < 1.29 is 14.6 Å². The Kier molecular flexibility index (Phi) is 1.89. The van der Waals surface area contributed by atoms with Gasteiger partial charge in [0.15, 0.2) is 11.8 Å². The first-order valence-electron chi connectivity index (χ1n) is 4.48. The largest absolute Gasteiger partial charge is 0.368 e. The van der Waals surface area contributed by atoms with Gasteiger partial charge >= 0.3 is 0 Å². The van der Waals surface area contributed by atoms with Crippen LogP contribution in [0, 0.1) is 0 Å². The Morgan fingerprint density at radius 2 is 2.54 bits per heavy atom. The Balaban J connectivity index is 1.94. The predicted molar refractivity (Wildman–Crippen MR) is 45.8 cm³/mol. The number of epoxide rings is 1. The zero-order chi connectivity index (χ0) is 9.47. The Morgan fingerprint density at radius 3 is 3.00 bits per heavy atom. The molecule has 3 atom stereocenters. The van der Waals surface area contributed by atoms with Crippen LogP contribution in [0.5, 0.6) is 0 Å². The molecule has 0 aromatic carbocycles. The summed E-state index contributed by atoms with van der Waals surface area (Å²) in [5, 5.41) is 12.5. The number of carbonyl (C=O) groups is 1. The quantitative estimate of drug-likeness (QED) is 0.475. The molecule has 4 nitrogen and oxygen atoms in total. The zero-order valence-corrected chi connectivity index (χ0v) is 7.49. The number of amides is 1. The molecule has 2 rings (SSSR count). The molecule has 13 heavy (non-hydrogen) atoms. The SMILES string of the molecule is C/C=C/CCC1(O)NC(=O)[C@@H]2O[C@@H]21. The van der Waals surface area contributed by atoms with Crippen LogP contribution < -0.4 is 5.32 Å². The Bertz CT molecular complexity index is 264. The maximum absolute atomic E-state index is 11.0. The van der Waals surface area contributed by atoms with Crippen LogP contribution in [-0.4, -0.2) is 28.9 Å². The van der Waals surface area contributed by atoms with Crippen LogP contribution in [0.2, 0.25) is 0 Å². The first-order chi connectivity index (χ1) is 6.17. The summed E-state index contributed by atoms with van der Waals surface area (Å²) in [6, 6.07) is 0. The molecule has 2 aliphatic heterocycles. The van der Waals surface area contributed by atoms with Crippen molar-refractivity contribution in [2.45, 2.75) is 37.7 Å². The molecule has 4 heteroatoms. The maximum Gasteiger partial charge on any atom is 0.254 e. The third kappa shape index (κ3) is 1.36. The van der Waals surface area contributed by atoms with Gasteiger partial charge in [-0.05, 0) is 13.3 Å². The third-order valence-electron chi connectivity index (χ3n) is 2.49. The van der Waals surface area contributed by atoms with Gasteiger partial charge in [0, 0.05) is 6.42 Å². The Hall–Kier alpha value is -0.870. The number of ether oxygens (including phenoxy) is 1. The number of allylic oxidation sites excluding steroid dienone is 2. The second-order valence-electron chi connectivity index (χ2n) is 3.50. The van der Waals surface area contributed by atoms with Gasteiger partial charge in [-0.3, -0.25) is 4.79 Å². The zero-order valence-electron chi connectivity index (χ0n) is 7.49. The molecule has 0 radical (unpaired) electrons. The lowest BCUT2D eigenvalue weighted by Crippen LogP contribution is -2.47. The van der Waals surface area contributed by atoms with Crippen molar-refractivity contribution in [1.82, 2.24) is 5.32 Å². The lowest BCUT2D eigenvalue weighted by Gasteiger charge is -2.22. The van der Waals surface area contributed by atoms with Crippen molar-refractivity contribution in [1.29, 1.82) is 0 Å². The van der Waals surface area contributed by atoms with E-state index in [1.54, 1.807) is 0 Å². The second kappa shape index (κ2) is 2.82. The lowest BCUT2D eigenvalue weighted by molar-refractivity contribution is -0.129. The molecule has 2 saturated heterocycles. The van der Waals surface area contributed by atoms with E-state index in [1.807, 2.05) is 19.1 Å². The normalized spacial score (nSPS) is 42.2. The highest BCUT2D eigenvalue weighted by molar-refractivity contribution is 5.88. The van der Waals surface area contributed by atoms with Crippen LogP contribution in [0.1, 0.15) is 19.8 Å². The summed E-state index contributed by atoms with van der Waals surface area (Å²) >= 11 is 0. The fourth-order valence-electron chi connectivity index (χ4n) is 1.71. The first-order valence-corrected chi connectivity index (χ1v) is 4.48. The fraction of sp³-hybridized carbons (Fsp3) is 0.667. The topological polar surface area (TPSA) is 61.9 Å². The van der Waals surface area contributed by atoms with E-state index in [0.29, 0.717) is 6.42 Å². The lowest BCUT2D eigenvalue weighted by atomic mass is 10.1. The average Bonchev–Trinajstić information content (AvgIpc) is 2.79. The minimum atomic E-state index is -1.12. The first kappa shape index (κ1) is 8.72. The van der Waals surface area contributed by atoms with Crippen molar-refractivity contribution >= 4 is 5.91 Å². The van der Waals surface area contributed by atoms with Gasteiger partial charge in [0.2, 0.25) is 0 Å². The molecule has 2 heterocycles. The fourth-order valence-corrected chi connectivity index (χ4v) is 1.71. The number of hydrogen-bond donors (Lipinski definition) is 2. The van der Waals surface area contributed by atoms with E-state index in [9.17, 15) is 9.90 Å². The number of nitrogens with one attached hydrogen (secondary N) is 1. The van der Waals surface area contributed by atoms with E-state index >= 15 is 0 Å². The molecular weight excluding hydrogens is 170 g/mol. The number of carbonyl (C=O) groups excluding carboxylic acids is 1. The number of fused-ring (bicyclic) bond motifs is 1. The molecule has 72 valence electrons. The number of aliphatic hydroxyl groups is 1. The van der Waals surface area contributed by atoms with Gasteiger partial charge in [-0.2, -0.15) is 0 Å². The van der Waals surface area contributed by atoms with E-state index in [2.05, 4.69) is 5.32 Å². The van der Waals surface area contributed by atoms with Crippen molar-refractivity contribution in [3.8, 4) is 0 Å². The van der Waals surface area contributed by atoms with Gasteiger partial charge in [-0.1, -0.05) is 12.2 Å².